The molecule has 5 rings (SSSR count). The highest BCUT2D eigenvalue weighted by atomic mass is 32.2. The zero-order valence-electron chi connectivity index (χ0n) is 15.4. The second-order valence-corrected chi connectivity index (χ2v) is 8.31. The fourth-order valence-electron chi connectivity index (χ4n) is 3.67. The van der Waals surface area contributed by atoms with Gasteiger partial charge < -0.3 is 4.55 Å². The fraction of sp³-hybridized carbons (Fsp3) is 0.136. The highest BCUT2D eigenvalue weighted by Crippen LogP contribution is 2.31. The van der Waals surface area contributed by atoms with Crippen molar-refractivity contribution in [2.75, 3.05) is 0 Å². The Morgan fingerprint density at radius 1 is 0.893 bits per heavy atom. The number of nitrogens with zero attached hydrogens (tertiary/aromatic N) is 4. The van der Waals surface area contributed by atoms with Crippen LogP contribution in [0.4, 0.5) is 0 Å². The Hall–Kier alpha value is -2.96. The van der Waals surface area contributed by atoms with E-state index in [1.165, 1.54) is 5.56 Å². The van der Waals surface area contributed by atoms with Crippen molar-refractivity contribution >= 4 is 11.2 Å². The normalized spacial score (nSPS) is 13.6. The molecule has 1 aliphatic rings. The topological polar surface area (TPSA) is 66.7 Å². The smallest absolute Gasteiger partial charge is 0.177 e. The molecule has 0 saturated heterocycles. The third kappa shape index (κ3) is 2.91. The molecule has 0 radical (unpaired) electrons. The first-order valence-corrected chi connectivity index (χ1v) is 10.3. The molecule has 0 N–H and O–H groups in total. The SMILES string of the molecule is Cc1nnc2n1-c1ccc(-c3cncc([S+]([O-])c4ccccc4)c3)cc1CC2. The summed E-state index contributed by atoms with van der Waals surface area (Å²) in [5, 5.41) is 8.47. The Bertz CT molecular complexity index is 1160. The highest BCUT2D eigenvalue weighted by molar-refractivity contribution is 7.91. The van der Waals surface area contributed by atoms with Crippen LogP contribution in [0.25, 0.3) is 16.8 Å². The Morgan fingerprint density at radius 3 is 2.61 bits per heavy atom. The maximum absolute atomic E-state index is 12.9. The molecule has 3 heterocycles. The monoisotopic (exact) mass is 386 g/mol. The van der Waals surface area contributed by atoms with Crippen molar-refractivity contribution in [1.29, 1.82) is 0 Å². The van der Waals surface area contributed by atoms with Gasteiger partial charge in [-0.25, -0.2) is 0 Å². The summed E-state index contributed by atoms with van der Waals surface area (Å²) in [7, 11) is 0. The standard InChI is InChI=1S/C22H18N4OS/c1-15-24-25-22-10-8-17-11-16(7-9-21(17)26(15)22)18-12-20(14-23-13-18)28(27)19-5-3-2-4-6-19/h2-7,9,11-14H,8,10H2,1H3. The number of fused-ring (bicyclic) bond motifs is 3. The molecule has 28 heavy (non-hydrogen) atoms. The minimum atomic E-state index is -1.24. The van der Waals surface area contributed by atoms with Crippen molar-refractivity contribution in [1.82, 2.24) is 19.7 Å². The lowest BCUT2D eigenvalue weighted by atomic mass is 9.98. The van der Waals surface area contributed by atoms with Gasteiger partial charge in [0.2, 0.25) is 0 Å². The summed E-state index contributed by atoms with van der Waals surface area (Å²) in [6.07, 6.45) is 5.32. The van der Waals surface area contributed by atoms with Crippen molar-refractivity contribution in [2.24, 2.45) is 0 Å². The third-order valence-electron chi connectivity index (χ3n) is 5.05. The van der Waals surface area contributed by atoms with Gasteiger partial charge in [0.25, 0.3) is 0 Å². The van der Waals surface area contributed by atoms with Gasteiger partial charge in [-0.1, -0.05) is 24.3 Å². The summed E-state index contributed by atoms with van der Waals surface area (Å²) in [6, 6.07) is 17.8. The third-order valence-corrected chi connectivity index (χ3v) is 6.40. The lowest BCUT2D eigenvalue weighted by Gasteiger charge is -2.19. The number of pyridine rings is 1. The molecule has 0 saturated carbocycles. The van der Waals surface area contributed by atoms with Gasteiger partial charge in [-0.05, 0) is 48.7 Å². The molecule has 0 aliphatic carbocycles. The summed E-state index contributed by atoms with van der Waals surface area (Å²) in [4.78, 5) is 5.83. The van der Waals surface area contributed by atoms with Gasteiger partial charge >= 0.3 is 0 Å². The van der Waals surface area contributed by atoms with Crippen LogP contribution in [0.1, 0.15) is 17.2 Å². The van der Waals surface area contributed by atoms with Crippen LogP contribution in [0, 0.1) is 6.92 Å². The van der Waals surface area contributed by atoms with Crippen LogP contribution in [0.5, 0.6) is 0 Å². The molecule has 0 spiro atoms. The first kappa shape index (κ1) is 17.2. The summed E-state index contributed by atoms with van der Waals surface area (Å²) in [6.45, 7) is 1.98. The predicted molar refractivity (Wildman–Crippen MR) is 108 cm³/mol. The first-order valence-electron chi connectivity index (χ1n) is 9.17. The number of rotatable bonds is 3. The van der Waals surface area contributed by atoms with E-state index in [0.717, 1.165) is 46.2 Å². The molecular formula is C22H18N4OS. The van der Waals surface area contributed by atoms with E-state index in [2.05, 4.69) is 37.9 Å². The number of aryl methyl sites for hydroxylation is 3. The molecule has 6 heteroatoms. The first-order chi connectivity index (χ1) is 13.7. The number of hydrogen-bond acceptors (Lipinski definition) is 4. The molecule has 4 aromatic rings. The summed E-state index contributed by atoms with van der Waals surface area (Å²) >= 11 is -1.24. The van der Waals surface area contributed by atoms with Crippen molar-refractivity contribution in [3.8, 4) is 16.8 Å². The summed E-state index contributed by atoms with van der Waals surface area (Å²) < 4.78 is 15.0. The molecule has 1 unspecified atom stereocenters. The van der Waals surface area contributed by atoms with Gasteiger partial charge in [0, 0.05) is 35.4 Å². The minimum Gasteiger partial charge on any atom is -0.606 e. The number of aromatic nitrogens is 4. The van der Waals surface area contributed by atoms with Gasteiger partial charge in [-0.3, -0.25) is 9.55 Å². The van der Waals surface area contributed by atoms with E-state index >= 15 is 0 Å². The molecule has 5 nitrogen and oxygen atoms in total. The molecule has 1 atom stereocenters. The van der Waals surface area contributed by atoms with Crippen molar-refractivity contribution < 1.29 is 4.55 Å². The van der Waals surface area contributed by atoms with E-state index in [0.29, 0.717) is 4.90 Å². The van der Waals surface area contributed by atoms with Crippen molar-refractivity contribution in [3.63, 3.8) is 0 Å². The molecule has 2 aromatic carbocycles. The van der Waals surface area contributed by atoms with Gasteiger partial charge in [-0.2, -0.15) is 0 Å². The lowest BCUT2D eigenvalue weighted by molar-refractivity contribution is 0.594. The van der Waals surface area contributed by atoms with E-state index < -0.39 is 11.2 Å². The van der Waals surface area contributed by atoms with Gasteiger partial charge in [0.05, 0.1) is 11.9 Å². The maximum atomic E-state index is 12.9. The zero-order chi connectivity index (χ0) is 19.1. The van der Waals surface area contributed by atoms with Crippen molar-refractivity contribution in [3.05, 3.63) is 84.2 Å². The molecule has 0 amide bonds. The Labute approximate surface area is 166 Å². The number of hydrogen-bond donors (Lipinski definition) is 0. The summed E-state index contributed by atoms with van der Waals surface area (Å²) in [5.74, 6) is 1.92. The van der Waals surface area contributed by atoms with Crippen LogP contribution in [0.3, 0.4) is 0 Å². The zero-order valence-corrected chi connectivity index (χ0v) is 16.2. The van der Waals surface area contributed by atoms with E-state index in [4.69, 9.17) is 0 Å². The van der Waals surface area contributed by atoms with E-state index in [-0.39, 0.29) is 0 Å². The lowest BCUT2D eigenvalue weighted by Crippen LogP contribution is -2.13. The molecule has 1 aliphatic heterocycles. The van der Waals surface area contributed by atoms with Gasteiger partial charge in [0.1, 0.15) is 11.6 Å². The van der Waals surface area contributed by atoms with Crippen LogP contribution < -0.4 is 0 Å². The van der Waals surface area contributed by atoms with Crippen molar-refractivity contribution in [2.45, 2.75) is 29.6 Å². The molecule has 0 bridgehead atoms. The molecular weight excluding hydrogens is 368 g/mol. The Kier molecular flexibility index (Phi) is 4.22. The van der Waals surface area contributed by atoms with Crippen LogP contribution in [-0.2, 0) is 24.0 Å². The average molecular weight is 386 g/mol. The average Bonchev–Trinajstić information content (AvgIpc) is 3.15. The maximum Gasteiger partial charge on any atom is 0.177 e. The Balaban J connectivity index is 1.52. The minimum absolute atomic E-state index is 0.707. The highest BCUT2D eigenvalue weighted by Gasteiger charge is 2.21. The molecule has 0 fully saturated rings. The second kappa shape index (κ2) is 6.89. The largest absolute Gasteiger partial charge is 0.606 e. The van der Waals surface area contributed by atoms with Crippen LogP contribution in [0.15, 0.2) is 76.8 Å². The number of benzene rings is 2. The summed E-state index contributed by atoms with van der Waals surface area (Å²) in [5.41, 5.74) is 4.45. The van der Waals surface area contributed by atoms with Gasteiger partial charge in [0.15, 0.2) is 9.79 Å². The van der Waals surface area contributed by atoms with E-state index in [1.807, 2.05) is 49.5 Å². The van der Waals surface area contributed by atoms with Crippen LogP contribution in [0.2, 0.25) is 0 Å². The Morgan fingerprint density at radius 2 is 1.75 bits per heavy atom. The van der Waals surface area contributed by atoms with Crippen LogP contribution in [-0.4, -0.2) is 24.3 Å². The quantitative estimate of drug-likeness (QED) is 0.501. The van der Waals surface area contributed by atoms with E-state index in [9.17, 15) is 4.55 Å². The van der Waals surface area contributed by atoms with Crippen LogP contribution >= 0.6 is 0 Å². The second-order valence-electron chi connectivity index (χ2n) is 6.83. The molecule has 2 aromatic heterocycles. The van der Waals surface area contributed by atoms with Gasteiger partial charge in [-0.15, -0.1) is 10.2 Å². The predicted octanol–water partition coefficient (Wildman–Crippen LogP) is 3.90. The van der Waals surface area contributed by atoms with E-state index in [1.54, 1.807) is 6.20 Å². The molecule has 138 valence electrons. The fourth-order valence-corrected chi connectivity index (χ4v) is 4.74.